The number of hydrogen-bond acceptors (Lipinski definition) is 3. The largest absolute Gasteiger partial charge is 0.383 e. The van der Waals surface area contributed by atoms with Crippen LogP contribution in [0.4, 0.5) is 0 Å². The van der Waals surface area contributed by atoms with Gasteiger partial charge in [0.2, 0.25) is 0 Å². The molecule has 1 fully saturated rings. The van der Waals surface area contributed by atoms with Crippen LogP contribution in [0.1, 0.15) is 59.8 Å². The van der Waals surface area contributed by atoms with Crippen LogP contribution in [0.3, 0.4) is 0 Å². The van der Waals surface area contributed by atoms with E-state index in [0.717, 1.165) is 25.1 Å². The lowest BCUT2D eigenvalue weighted by molar-refractivity contribution is 0.0566. The van der Waals surface area contributed by atoms with Crippen molar-refractivity contribution in [3.05, 3.63) is 0 Å². The summed E-state index contributed by atoms with van der Waals surface area (Å²) in [6, 6.07) is 1.21. The first-order chi connectivity index (χ1) is 9.37. The second kappa shape index (κ2) is 8.35. The average molecular weight is 284 g/mol. The van der Waals surface area contributed by atoms with Gasteiger partial charge in [0.1, 0.15) is 0 Å². The Bertz CT molecular complexity index is 254. The van der Waals surface area contributed by atoms with Gasteiger partial charge in [-0.3, -0.25) is 4.90 Å². The van der Waals surface area contributed by atoms with E-state index in [-0.39, 0.29) is 5.54 Å². The maximum atomic E-state index is 5.44. The van der Waals surface area contributed by atoms with Crippen LogP contribution in [-0.4, -0.2) is 49.8 Å². The molecule has 1 aliphatic carbocycles. The summed E-state index contributed by atoms with van der Waals surface area (Å²) >= 11 is 0. The minimum atomic E-state index is 0.173. The van der Waals surface area contributed by atoms with Crippen molar-refractivity contribution in [1.82, 2.24) is 10.2 Å². The third kappa shape index (κ3) is 6.11. The maximum Gasteiger partial charge on any atom is 0.0630 e. The summed E-state index contributed by atoms with van der Waals surface area (Å²) in [6.07, 6.45) is 6.86. The Morgan fingerprint density at radius 2 is 1.80 bits per heavy atom. The molecule has 1 N–H and O–H groups in total. The van der Waals surface area contributed by atoms with E-state index in [1.807, 2.05) is 7.11 Å². The number of ether oxygens (including phenoxy) is 1. The fraction of sp³-hybridized carbons (Fsp3) is 1.00. The van der Waals surface area contributed by atoms with Crippen molar-refractivity contribution < 1.29 is 4.74 Å². The summed E-state index contributed by atoms with van der Waals surface area (Å²) in [5.74, 6) is 0.966. The summed E-state index contributed by atoms with van der Waals surface area (Å²) in [5, 5.41) is 3.63. The highest BCUT2D eigenvalue weighted by atomic mass is 16.5. The minimum absolute atomic E-state index is 0.173. The SMILES string of the molecule is CCC1CCC(N(C)C(CNC(C)(C)C)COC)CC1. The van der Waals surface area contributed by atoms with Gasteiger partial charge in [-0.15, -0.1) is 0 Å². The normalized spacial score (nSPS) is 25.9. The number of nitrogens with zero attached hydrogens (tertiary/aromatic N) is 1. The van der Waals surface area contributed by atoms with Gasteiger partial charge >= 0.3 is 0 Å². The molecule has 1 rings (SSSR count). The van der Waals surface area contributed by atoms with E-state index < -0.39 is 0 Å². The van der Waals surface area contributed by atoms with Crippen molar-refractivity contribution >= 4 is 0 Å². The van der Waals surface area contributed by atoms with Gasteiger partial charge in [-0.1, -0.05) is 13.3 Å². The highest BCUT2D eigenvalue weighted by Crippen LogP contribution is 2.29. The molecule has 0 bridgehead atoms. The third-order valence-electron chi connectivity index (χ3n) is 4.77. The molecular weight excluding hydrogens is 248 g/mol. The van der Waals surface area contributed by atoms with Crippen LogP contribution < -0.4 is 5.32 Å². The van der Waals surface area contributed by atoms with Crippen molar-refractivity contribution in [3.63, 3.8) is 0 Å². The lowest BCUT2D eigenvalue weighted by atomic mass is 9.83. The van der Waals surface area contributed by atoms with E-state index in [1.165, 1.54) is 32.1 Å². The van der Waals surface area contributed by atoms with Crippen molar-refractivity contribution in [2.45, 2.75) is 77.4 Å². The van der Waals surface area contributed by atoms with Gasteiger partial charge in [0, 0.05) is 31.3 Å². The summed E-state index contributed by atoms with van der Waals surface area (Å²) in [5.41, 5.74) is 0.173. The van der Waals surface area contributed by atoms with Gasteiger partial charge in [0.05, 0.1) is 6.61 Å². The second-order valence-electron chi connectivity index (χ2n) is 7.49. The molecule has 1 unspecified atom stereocenters. The first kappa shape index (κ1) is 17.9. The number of methoxy groups -OCH3 is 1. The molecule has 1 saturated carbocycles. The number of rotatable bonds is 7. The van der Waals surface area contributed by atoms with E-state index in [4.69, 9.17) is 4.74 Å². The zero-order valence-corrected chi connectivity index (χ0v) is 14.5. The van der Waals surface area contributed by atoms with Crippen LogP contribution >= 0.6 is 0 Å². The fourth-order valence-electron chi connectivity index (χ4n) is 3.20. The Hall–Kier alpha value is -0.120. The van der Waals surface area contributed by atoms with E-state index in [0.29, 0.717) is 6.04 Å². The molecule has 1 atom stereocenters. The molecule has 3 heteroatoms. The quantitative estimate of drug-likeness (QED) is 0.776. The first-order valence-electron chi connectivity index (χ1n) is 8.33. The molecule has 3 nitrogen and oxygen atoms in total. The summed E-state index contributed by atoms with van der Waals surface area (Å²) in [7, 11) is 4.09. The Labute approximate surface area is 126 Å². The van der Waals surface area contributed by atoms with Crippen molar-refractivity contribution in [3.8, 4) is 0 Å². The Kier molecular flexibility index (Phi) is 7.49. The summed E-state index contributed by atoms with van der Waals surface area (Å²) < 4.78 is 5.44. The van der Waals surface area contributed by atoms with E-state index in [1.54, 1.807) is 0 Å². The lowest BCUT2D eigenvalue weighted by Gasteiger charge is -2.40. The molecule has 120 valence electrons. The van der Waals surface area contributed by atoms with E-state index >= 15 is 0 Å². The van der Waals surface area contributed by atoms with Crippen molar-refractivity contribution in [1.29, 1.82) is 0 Å². The van der Waals surface area contributed by atoms with Crippen LogP contribution in [0.25, 0.3) is 0 Å². The fourth-order valence-corrected chi connectivity index (χ4v) is 3.20. The maximum absolute atomic E-state index is 5.44. The Morgan fingerprint density at radius 1 is 1.20 bits per heavy atom. The monoisotopic (exact) mass is 284 g/mol. The van der Waals surface area contributed by atoms with Gasteiger partial charge in [0.15, 0.2) is 0 Å². The van der Waals surface area contributed by atoms with Gasteiger partial charge in [0.25, 0.3) is 0 Å². The topological polar surface area (TPSA) is 24.5 Å². The predicted molar refractivity (Wildman–Crippen MR) is 87.2 cm³/mol. The number of likely N-dealkylation sites (N-methyl/N-ethyl adjacent to an activating group) is 1. The van der Waals surface area contributed by atoms with Crippen molar-refractivity contribution in [2.75, 3.05) is 27.3 Å². The molecule has 0 radical (unpaired) electrons. The van der Waals surface area contributed by atoms with E-state index in [2.05, 4.69) is 45.0 Å². The van der Waals surface area contributed by atoms with Crippen LogP contribution in [0, 0.1) is 5.92 Å². The highest BCUT2D eigenvalue weighted by molar-refractivity contribution is 4.84. The second-order valence-corrected chi connectivity index (χ2v) is 7.49. The number of nitrogens with one attached hydrogen (secondary N) is 1. The van der Waals surface area contributed by atoms with Crippen LogP contribution in [0.2, 0.25) is 0 Å². The van der Waals surface area contributed by atoms with Gasteiger partial charge in [-0.2, -0.15) is 0 Å². The minimum Gasteiger partial charge on any atom is -0.383 e. The van der Waals surface area contributed by atoms with Gasteiger partial charge < -0.3 is 10.1 Å². The zero-order valence-electron chi connectivity index (χ0n) is 14.5. The average Bonchev–Trinajstić information content (AvgIpc) is 2.42. The molecule has 0 aromatic rings. The Balaban J connectivity index is 2.49. The number of hydrogen-bond donors (Lipinski definition) is 1. The molecule has 20 heavy (non-hydrogen) atoms. The first-order valence-corrected chi connectivity index (χ1v) is 8.33. The molecule has 0 saturated heterocycles. The van der Waals surface area contributed by atoms with Crippen LogP contribution in [0.5, 0.6) is 0 Å². The molecule has 0 heterocycles. The van der Waals surface area contributed by atoms with Crippen LogP contribution in [-0.2, 0) is 4.74 Å². The van der Waals surface area contributed by atoms with Gasteiger partial charge in [-0.05, 0) is 59.4 Å². The summed E-state index contributed by atoms with van der Waals surface area (Å²) in [4.78, 5) is 2.56. The highest BCUT2D eigenvalue weighted by Gasteiger charge is 2.27. The predicted octanol–water partition coefficient (Wildman–Crippen LogP) is 3.29. The molecule has 0 spiro atoms. The lowest BCUT2D eigenvalue weighted by Crippen LogP contribution is -2.52. The molecule has 0 aromatic carbocycles. The Morgan fingerprint density at radius 3 is 2.25 bits per heavy atom. The third-order valence-corrected chi connectivity index (χ3v) is 4.77. The molecule has 0 amide bonds. The molecule has 0 aliphatic heterocycles. The molecule has 0 aromatic heterocycles. The molecule has 1 aliphatic rings. The zero-order chi connectivity index (χ0) is 15.2. The van der Waals surface area contributed by atoms with E-state index in [9.17, 15) is 0 Å². The van der Waals surface area contributed by atoms with Crippen molar-refractivity contribution in [2.24, 2.45) is 5.92 Å². The summed E-state index contributed by atoms with van der Waals surface area (Å²) in [6.45, 7) is 10.8. The van der Waals surface area contributed by atoms with Gasteiger partial charge in [-0.25, -0.2) is 0 Å². The van der Waals surface area contributed by atoms with Crippen LogP contribution in [0.15, 0.2) is 0 Å². The smallest absolute Gasteiger partial charge is 0.0630 e. The standard InChI is InChI=1S/C17H36N2O/c1-7-14-8-10-15(11-9-14)19(5)16(13-20-6)12-18-17(2,3)4/h14-16,18H,7-13H2,1-6H3. The molecular formula is C17H36N2O.